The number of carbonyl (C=O) groups is 3. The Labute approximate surface area is 283 Å². The molecule has 0 aliphatic carbocycles. The lowest BCUT2D eigenvalue weighted by atomic mass is 10.1. The summed E-state index contributed by atoms with van der Waals surface area (Å²) in [5, 5.41) is 0. The second-order valence-corrected chi connectivity index (χ2v) is 12.5. The van der Waals surface area contributed by atoms with Crippen LogP contribution in [0.4, 0.5) is 0 Å². The zero-order valence-electron chi connectivity index (χ0n) is 30.1. The monoisotopic (exact) mass is 647 g/mol. The largest absolute Gasteiger partial charge is 0.462 e. The summed E-state index contributed by atoms with van der Waals surface area (Å²) in [6.07, 6.45) is 37.2. The van der Waals surface area contributed by atoms with Gasteiger partial charge in [-0.25, -0.2) is 0 Å². The van der Waals surface area contributed by atoms with Crippen LogP contribution in [0.1, 0.15) is 181 Å². The van der Waals surface area contributed by atoms with Gasteiger partial charge in [0.1, 0.15) is 13.2 Å². The van der Waals surface area contributed by atoms with E-state index in [1.807, 2.05) is 0 Å². The van der Waals surface area contributed by atoms with Crippen LogP contribution in [0.5, 0.6) is 0 Å². The highest BCUT2D eigenvalue weighted by molar-refractivity contribution is 5.71. The standard InChI is InChI=1S/C40H70O6/c1-4-7-10-13-16-18-19-20-21-23-24-27-30-33-39(42)45-36-37(35-44-38(41)32-29-26-15-12-9-6-3)46-40(43)34-31-28-25-22-17-14-11-8-5-2/h7,10,16,18,20-21,37H,4-6,8-9,11-15,17,19,22-36H2,1-3H3/b10-7-,18-16-,21-20-. The molecule has 0 aliphatic rings. The van der Waals surface area contributed by atoms with E-state index in [1.54, 1.807) is 0 Å². The van der Waals surface area contributed by atoms with E-state index in [9.17, 15) is 14.4 Å². The molecular weight excluding hydrogens is 576 g/mol. The molecule has 0 amide bonds. The van der Waals surface area contributed by atoms with Crippen molar-refractivity contribution >= 4 is 17.9 Å². The van der Waals surface area contributed by atoms with Gasteiger partial charge in [-0.1, -0.05) is 147 Å². The summed E-state index contributed by atoms with van der Waals surface area (Å²) in [5.41, 5.74) is 0. The zero-order valence-corrected chi connectivity index (χ0v) is 30.1. The number of allylic oxidation sites excluding steroid dienone is 6. The third-order valence-corrected chi connectivity index (χ3v) is 7.91. The molecule has 0 aromatic carbocycles. The summed E-state index contributed by atoms with van der Waals surface area (Å²) in [6.45, 7) is 6.38. The molecule has 1 atom stereocenters. The van der Waals surface area contributed by atoms with Crippen LogP contribution < -0.4 is 0 Å². The van der Waals surface area contributed by atoms with E-state index in [0.29, 0.717) is 19.3 Å². The second kappa shape index (κ2) is 35.5. The average molecular weight is 647 g/mol. The van der Waals surface area contributed by atoms with Crippen LogP contribution in [-0.2, 0) is 28.6 Å². The summed E-state index contributed by atoms with van der Waals surface area (Å²) in [5.74, 6) is -0.931. The van der Waals surface area contributed by atoms with E-state index < -0.39 is 6.10 Å². The normalized spacial score (nSPS) is 12.3. The van der Waals surface area contributed by atoms with E-state index in [-0.39, 0.29) is 31.1 Å². The van der Waals surface area contributed by atoms with Crippen molar-refractivity contribution in [1.82, 2.24) is 0 Å². The molecule has 0 saturated heterocycles. The topological polar surface area (TPSA) is 78.9 Å². The highest BCUT2D eigenvalue weighted by Crippen LogP contribution is 2.13. The van der Waals surface area contributed by atoms with Crippen molar-refractivity contribution in [2.45, 2.75) is 187 Å². The van der Waals surface area contributed by atoms with Crippen LogP contribution in [0.2, 0.25) is 0 Å². The van der Waals surface area contributed by atoms with E-state index in [0.717, 1.165) is 83.5 Å². The predicted molar refractivity (Wildman–Crippen MR) is 192 cm³/mol. The number of hydrogen-bond donors (Lipinski definition) is 0. The number of unbranched alkanes of at least 4 members (excludes halogenated alkanes) is 16. The molecule has 0 spiro atoms. The maximum Gasteiger partial charge on any atom is 0.306 e. The van der Waals surface area contributed by atoms with Crippen LogP contribution in [0.15, 0.2) is 36.5 Å². The van der Waals surface area contributed by atoms with Crippen molar-refractivity contribution in [2.24, 2.45) is 0 Å². The number of rotatable bonds is 33. The molecular formula is C40H70O6. The Hall–Kier alpha value is -2.37. The Bertz CT molecular complexity index is 800. The highest BCUT2D eigenvalue weighted by atomic mass is 16.6. The van der Waals surface area contributed by atoms with Gasteiger partial charge in [0.25, 0.3) is 0 Å². The fourth-order valence-electron chi connectivity index (χ4n) is 5.04. The van der Waals surface area contributed by atoms with Gasteiger partial charge in [-0.15, -0.1) is 0 Å². The van der Waals surface area contributed by atoms with Crippen LogP contribution in [0.3, 0.4) is 0 Å². The minimum Gasteiger partial charge on any atom is -0.462 e. The van der Waals surface area contributed by atoms with Gasteiger partial charge in [-0.2, -0.15) is 0 Å². The average Bonchev–Trinajstić information content (AvgIpc) is 3.05. The second-order valence-electron chi connectivity index (χ2n) is 12.5. The van der Waals surface area contributed by atoms with Crippen LogP contribution in [0.25, 0.3) is 0 Å². The molecule has 0 bridgehead atoms. The van der Waals surface area contributed by atoms with Crippen molar-refractivity contribution in [2.75, 3.05) is 13.2 Å². The van der Waals surface area contributed by atoms with E-state index >= 15 is 0 Å². The third-order valence-electron chi connectivity index (χ3n) is 7.91. The molecule has 46 heavy (non-hydrogen) atoms. The van der Waals surface area contributed by atoms with Gasteiger partial charge in [0.2, 0.25) is 0 Å². The minimum atomic E-state index is -0.773. The number of hydrogen-bond acceptors (Lipinski definition) is 6. The number of carbonyl (C=O) groups excluding carboxylic acids is 3. The molecule has 1 unspecified atom stereocenters. The molecule has 6 nitrogen and oxygen atoms in total. The molecule has 6 heteroatoms. The fraction of sp³-hybridized carbons (Fsp3) is 0.775. The first-order valence-electron chi connectivity index (χ1n) is 19.0. The lowest BCUT2D eigenvalue weighted by Gasteiger charge is -2.18. The first-order chi connectivity index (χ1) is 22.5. The van der Waals surface area contributed by atoms with Crippen molar-refractivity contribution < 1.29 is 28.6 Å². The SMILES string of the molecule is CC/C=C\C/C=C\C/C=C\CCCCCC(=O)OCC(COC(=O)CCCCCCCC)OC(=O)CCCCCCCCCCC. The van der Waals surface area contributed by atoms with Gasteiger partial charge in [-0.3, -0.25) is 14.4 Å². The predicted octanol–water partition coefficient (Wildman–Crippen LogP) is 11.5. The Morgan fingerprint density at radius 2 is 0.848 bits per heavy atom. The summed E-state index contributed by atoms with van der Waals surface area (Å²) < 4.78 is 16.5. The van der Waals surface area contributed by atoms with E-state index in [1.165, 1.54) is 57.8 Å². The van der Waals surface area contributed by atoms with Crippen LogP contribution in [-0.4, -0.2) is 37.2 Å². The van der Waals surface area contributed by atoms with Gasteiger partial charge in [0, 0.05) is 19.3 Å². The maximum atomic E-state index is 12.5. The zero-order chi connectivity index (χ0) is 33.8. The van der Waals surface area contributed by atoms with Gasteiger partial charge in [0.05, 0.1) is 0 Å². The molecule has 0 aromatic rings. The van der Waals surface area contributed by atoms with E-state index in [4.69, 9.17) is 14.2 Å². The summed E-state index contributed by atoms with van der Waals surface area (Å²) in [4.78, 5) is 37.2. The molecule has 0 heterocycles. The Morgan fingerprint density at radius 1 is 0.457 bits per heavy atom. The molecule has 0 radical (unpaired) electrons. The smallest absolute Gasteiger partial charge is 0.306 e. The maximum absolute atomic E-state index is 12.5. The van der Waals surface area contributed by atoms with Crippen molar-refractivity contribution in [1.29, 1.82) is 0 Å². The van der Waals surface area contributed by atoms with Gasteiger partial charge in [0.15, 0.2) is 6.10 Å². The molecule has 0 saturated carbocycles. The molecule has 266 valence electrons. The summed E-state index contributed by atoms with van der Waals surface area (Å²) >= 11 is 0. The fourth-order valence-corrected chi connectivity index (χ4v) is 5.04. The number of esters is 3. The Morgan fingerprint density at radius 3 is 1.33 bits per heavy atom. The third kappa shape index (κ3) is 33.0. The lowest BCUT2D eigenvalue weighted by Crippen LogP contribution is -2.30. The Balaban J connectivity index is 4.37. The van der Waals surface area contributed by atoms with Crippen molar-refractivity contribution in [3.63, 3.8) is 0 Å². The van der Waals surface area contributed by atoms with Crippen LogP contribution in [0, 0.1) is 0 Å². The molecule has 0 N–H and O–H groups in total. The van der Waals surface area contributed by atoms with Gasteiger partial charge >= 0.3 is 17.9 Å². The first kappa shape index (κ1) is 43.6. The minimum absolute atomic E-state index is 0.0809. The van der Waals surface area contributed by atoms with Crippen molar-refractivity contribution in [3.8, 4) is 0 Å². The van der Waals surface area contributed by atoms with Gasteiger partial charge in [-0.05, 0) is 51.4 Å². The van der Waals surface area contributed by atoms with Gasteiger partial charge < -0.3 is 14.2 Å². The lowest BCUT2D eigenvalue weighted by molar-refractivity contribution is -0.167. The Kier molecular flexibility index (Phi) is 33.7. The highest BCUT2D eigenvalue weighted by Gasteiger charge is 2.19. The molecule has 0 aromatic heterocycles. The quantitative estimate of drug-likeness (QED) is 0.0305. The molecule has 0 fully saturated rings. The van der Waals surface area contributed by atoms with Crippen LogP contribution >= 0.6 is 0 Å². The first-order valence-corrected chi connectivity index (χ1v) is 19.0. The molecule has 0 rings (SSSR count). The summed E-state index contributed by atoms with van der Waals surface area (Å²) in [6, 6.07) is 0. The van der Waals surface area contributed by atoms with Crippen molar-refractivity contribution in [3.05, 3.63) is 36.5 Å². The molecule has 0 aliphatic heterocycles. The summed E-state index contributed by atoms with van der Waals surface area (Å²) in [7, 11) is 0. The number of ether oxygens (including phenoxy) is 3. The van der Waals surface area contributed by atoms with E-state index in [2.05, 4.69) is 57.2 Å².